The Morgan fingerprint density at radius 3 is 2.45 bits per heavy atom. The molecule has 0 saturated carbocycles. The van der Waals surface area contributed by atoms with E-state index in [4.69, 9.17) is 0 Å². The van der Waals surface area contributed by atoms with Crippen molar-refractivity contribution in [1.29, 1.82) is 0 Å². The number of nitrogens with one attached hydrogen (secondary N) is 1. The van der Waals surface area contributed by atoms with E-state index in [1.54, 1.807) is 12.1 Å². The Kier molecular flexibility index (Phi) is 7.54. The number of carbonyl (C=O) groups excluding carboxylic acids is 1. The normalized spacial score (nSPS) is 11.5. The smallest absolute Gasteiger partial charge is 0.333 e. The summed E-state index contributed by atoms with van der Waals surface area (Å²) in [5.74, 6) is -1.55. The molecular formula is C22H20BrFN4O4S. The fraction of sp³-hybridized carbons (Fsp3) is 0.182. The van der Waals surface area contributed by atoms with Crippen molar-refractivity contribution >= 4 is 50.0 Å². The average molecular weight is 535 g/mol. The van der Waals surface area contributed by atoms with Crippen LogP contribution in [0.25, 0.3) is 0 Å². The van der Waals surface area contributed by atoms with Gasteiger partial charge in [-0.1, -0.05) is 27.7 Å². The lowest BCUT2D eigenvalue weighted by atomic mass is 10.2. The van der Waals surface area contributed by atoms with Crippen molar-refractivity contribution in [3.63, 3.8) is 0 Å². The summed E-state index contributed by atoms with van der Waals surface area (Å²) in [6.45, 7) is 1.89. The van der Waals surface area contributed by atoms with Crippen molar-refractivity contribution in [3.8, 4) is 5.88 Å². The van der Waals surface area contributed by atoms with E-state index in [1.165, 1.54) is 38.4 Å². The van der Waals surface area contributed by atoms with E-state index < -0.39 is 22.9 Å². The Hall–Kier alpha value is -3.18. The molecule has 1 aromatic heterocycles. The van der Waals surface area contributed by atoms with Crippen LogP contribution >= 0.6 is 27.7 Å². The van der Waals surface area contributed by atoms with Crippen molar-refractivity contribution in [2.75, 3.05) is 11.1 Å². The third-order valence-electron chi connectivity index (χ3n) is 4.69. The second kappa shape index (κ2) is 10.2. The summed E-state index contributed by atoms with van der Waals surface area (Å²) in [7, 11) is 2.58. The van der Waals surface area contributed by atoms with Crippen LogP contribution in [-0.4, -0.2) is 30.9 Å². The van der Waals surface area contributed by atoms with Gasteiger partial charge in [0.2, 0.25) is 11.8 Å². The molecule has 0 aliphatic heterocycles. The first-order valence-corrected chi connectivity index (χ1v) is 11.4. The van der Waals surface area contributed by atoms with E-state index >= 15 is 0 Å². The van der Waals surface area contributed by atoms with Crippen molar-refractivity contribution in [1.82, 2.24) is 9.13 Å². The van der Waals surface area contributed by atoms with Crippen LogP contribution in [0, 0.1) is 12.7 Å². The molecular weight excluding hydrogens is 515 g/mol. The van der Waals surface area contributed by atoms with Gasteiger partial charge >= 0.3 is 5.69 Å². The third-order valence-corrected chi connectivity index (χ3v) is 6.55. The Bertz CT molecular complexity index is 1370. The highest BCUT2D eigenvalue weighted by atomic mass is 79.9. The second-order valence-electron chi connectivity index (χ2n) is 7.10. The number of halogens is 2. The van der Waals surface area contributed by atoms with Gasteiger partial charge in [-0.05, 0) is 55.0 Å². The van der Waals surface area contributed by atoms with E-state index in [0.717, 1.165) is 30.9 Å². The number of rotatable bonds is 5. The number of aromatic hydroxyl groups is 1. The van der Waals surface area contributed by atoms with Gasteiger partial charge in [-0.15, -0.1) is 0 Å². The van der Waals surface area contributed by atoms with E-state index in [9.17, 15) is 23.9 Å². The van der Waals surface area contributed by atoms with E-state index in [-0.39, 0.29) is 22.3 Å². The molecule has 8 nitrogen and oxygen atoms in total. The lowest BCUT2D eigenvalue weighted by molar-refractivity contribution is -0.113. The Labute approximate surface area is 200 Å². The predicted octanol–water partition coefficient (Wildman–Crippen LogP) is 3.45. The van der Waals surface area contributed by atoms with E-state index in [2.05, 4.69) is 26.2 Å². The summed E-state index contributed by atoms with van der Waals surface area (Å²) < 4.78 is 15.9. The number of aliphatic imine (C=N–C) groups is 1. The summed E-state index contributed by atoms with van der Waals surface area (Å²) in [6, 6.07) is 10.5. The topological polar surface area (TPSA) is 106 Å². The van der Waals surface area contributed by atoms with Crippen LogP contribution < -0.4 is 16.6 Å². The molecule has 0 atom stereocenters. The molecule has 0 bridgehead atoms. The number of aryl methyl sites for hydroxylation is 1. The monoisotopic (exact) mass is 534 g/mol. The first kappa shape index (κ1) is 24.5. The molecule has 33 heavy (non-hydrogen) atoms. The lowest BCUT2D eigenvalue weighted by Gasteiger charge is -2.13. The number of benzene rings is 2. The minimum Gasteiger partial charge on any atom is -0.494 e. The zero-order valence-electron chi connectivity index (χ0n) is 17.9. The highest BCUT2D eigenvalue weighted by Gasteiger charge is 2.22. The summed E-state index contributed by atoms with van der Waals surface area (Å²) in [5.41, 5.74) is 0.125. The zero-order valence-corrected chi connectivity index (χ0v) is 20.3. The van der Waals surface area contributed by atoms with Crippen LogP contribution in [0.5, 0.6) is 5.88 Å². The highest BCUT2D eigenvalue weighted by Crippen LogP contribution is 2.24. The van der Waals surface area contributed by atoms with Gasteiger partial charge in [0.05, 0.1) is 11.4 Å². The van der Waals surface area contributed by atoms with Crippen LogP contribution in [0.4, 0.5) is 15.8 Å². The summed E-state index contributed by atoms with van der Waals surface area (Å²) in [4.78, 5) is 41.8. The Balaban J connectivity index is 1.96. The van der Waals surface area contributed by atoms with Gasteiger partial charge in [-0.3, -0.25) is 18.7 Å². The molecule has 0 fully saturated rings. The van der Waals surface area contributed by atoms with Gasteiger partial charge in [0.25, 0.3) is 5.56 Å². The predicted molar refractivity (Wildman–Crippen MR) is 131 cm³/mol. The van der Waals surface area contributed by atoms with Gasteiger partial charge in [0.15, 0.2) is 0 Å². The minimum atomic E-state index is -0.770. The number of hydrogen-bond donors (Lipinski definition) is 2. The minimum absolute atomic E-state index is 0.0115. The molecule has 11 heteroatoms. The van der Waals surface area contributed by atoms with Crippen LogP contribution in [0.15, 0.2) is 61.5 Å². The summed E-state index contributed by atoms with van der Waals surface area (Å²) >= 11 is 4.31. The fourth-order valence-corrected chi connectivity index (χ4v) is 3.95. The van der Waals surface area contributed by atoms with Gasteiger partial charge in [-0.25, -0.2) is 14.2 Å². The molecule has 2 N–H and O–H groups in total. The van der Waals surface area contributed by atoms with Gasteiger partial charge in [-0.2, -0.15) is 0 Å². The largest absolute Gasteiger partial charge is 0.494 e. The number of amides is 1. The number of carbonyl (C=O) groups is 1. The average Bonchev–Trinajstić information content (AvgIpc) is 2.78. The van der Waals surface area contributed by atoms with Crippen molar-refractivity contribution in [3.05, 3.63) is 84.7 Å². The number of nitrogens with zero attached hydrogens (tertiary/aromatic N) is 3. The zero-order chi connectivity index (χ0) is 24.3. The first-order chi connectivity index (χ1) is 15.6. The van der Waals surface area contributed by atoms with Crippen LogP contribution in [0.3, 0.4) is 0 Å². The van der Waals surface area contributed by atoms with Gasteiger partial charge < -0.3 is 10.4 Å². The first-order valence-electron chi connectivity index (χ1n) is 9.61. The second-order valence-corrected chi connectivity index (χ2v) is 8.92. The molecule has 1 heterocycles. The van der Waals surface area contributed by atoms with E-state index in [1.807, 2.05) is 13.0 Å². The standard InChI is InChI=1S/C22H20BrFN4O4S/c1-12-10-15(8-9-16(12)23)25-17(29)11-33-19(26-14-6-4-13(24)5-7-14)18-20(30)27(2)22(32)28(3)21(18)31/h4-10,30H,11H2,1-3H3,(H,25,29). The molecule has 0 aliphatic rings. The van der Waals surface area contributed by atoms with Gasteiger partial charge in [0.1, 0.15) is 16.4 Å². The van der Waals surface area contributed by atoms with Crippen LogP contribution in [0.2, 0.25) is 0 Å². The molecule has 172 valence electrons. The molecule has 1 amide bonds. The summed E-state index contributed by atoms with van der Waals surface area (Å²) in [6.07, 6.45) is 0. The quantitative estimate of drug-likeness (QED) is 0.385. The lowest BCUT2D eigenvalue weighted by Crippen LogP contribution is -2.39. The van der Waals surface area contributed by atoms with Crippen LogP contribution in [-0.2, 0) is 18.9 Å². The number of thioether (sulfide) groups is 1. The molecule has 0 saturated heterocycles. The maximum absolute atomic E-state index is 13.3. The van der Waals surface area contributed by atoms with Gasteiger partial charge in [0, 0.05) is 24.3 Å². The number of anilines is 1. The third kappa shape index (κ3) is 5.60. The SMILES string of the molecule is Cc1cc(NC(=O)CSC(=Nc2ccc(F)cc2)c2c(O)n(C)c(=O)n(C)c2=O)ccc1Br. The molecule has 3 aromatic rings. The fourth-order valence-electron chi connectivity index (χ4n) is 2.87. The molecule has 0 unspecified atom stereocenters. The Morgan fingerprint density at radius 2 is 1.82 bits per heavy atom. The maximum Gasteiger partial charge on any atom is 0.333 e. The molecule has 0 radical (unpaired) electrons. The molecule has 3 rings (SSSR count). The number of aromatic nitrogens is 2. The van der Waals surface area contributed by atoms with Crippen LogP contribution in [0.1, 0.15) is 11.1 Å². The van der Waals surface area contributed by atoms with Crippen molar-refractivity contribution in [2.24, 2.45) is 19.1 Å². The highest BCUT2D eigenvalue weighted by molar-refractivity contribution is 9.10. The van der Waals surface area contributed by atoms with E-state index in [0.29, 0.717) is 11.4 Å². The van der Waals surface area contributed by atoms with Crippen molar-refractivity contribution < 1.29 is 14.3 Å². The molecule has 0 spiro atoms. The molecule has 2 aromatic carbocycles. The van der Waals surface area contributed by atoms with Crippen molar-refractivity contribution in [2.45, 2.75) is 6.92 Å². The maximum atomic E-state index is 13.3. The summed E-state index contributed by atoms with van der Waals surface area (Å²) in [5, 5.41) is 13.3. The molecule has 0 aliphatic carbocycles. The number of hydrogen-bond acceptors (Lipinski definition) is 6. The Morgan fingerprint density at radius 1 is 1.15 bits per heavy atom.